The highest BCUT2D eigenvalue weighted by molar-refractivity contribution is 5.66. The van der Waals surface area contributed by atoms with Crippen LogP contribution in [0.3, 0.4) is 0 Å². The van der Waals surface area contributed by atoms with E-state index in [1.807, 2.05) is 6.92 Å². The van der Waals surface area contributed by atoms with Crippen LogP contribution in [0, 0.1) is 0 Å². The molecule has 0 aromatic carbocycles. The summed E-state index contributed by atoms with van der Waals surface area (Å²) < 4.78 is 1.72. The van der Waals surface area contributed by atoms with Crippen LogP contribution in [0.25, 0.3) is 0 Å². The Kier molecular flexibility index (Phi) is 4.10. The van der Waals surface area contributed by atoms with Crippen molar-refractivity contribution in [3.05, 3.63) is 28.2 Å². The van der Waals surface area contributed by atoms with Crippen LogP contribution in [-0.2, 0) is 17.8 Å². The molecule has 16 heavy (non-hydrogen) atoms. The van der Waals surface area contributed by atoms with E-state index in [4.69, 9.17) is 5.11 Å². The van der Waals surface area contributed by atoms with Gasteiger partial charge in [0.15, 0.2) is 5.75 Å². The zero-order chi connectivity index (χ0) is 12.1. The van der Waals surface area contributed by atoms with Crippen molar-refractivity contribution in [1.82, 2.24) is 4.57 Å². The number of aromatic hydroxyl groups is 1. The summed E-state index contributed by atoms with van der Waals surface area (Å²) >= 11 is 0. The minimum Gasteiger partial charge on any atom is -0.503 e. The van der Waals surface area contributed by atoms with Crippen LogP contribution in [-0.4, -0.2) is 20.7 Å². The van der Waals surface area contributed by atoms with E-state index in [2.05, 4.69) is 0 Å². The lowest BCUT2D eigenvalue weighted by Gasteiger charge is -2.12. The molecule has 1 aromatic heterocycles. The molecule has 5 nitrogen and oxygen atoms in total. The topological polar surface area (TPSA) is 79.5 Å². The van der Waals surface area contributed by atoms with Crippen molar-refractivity contribution >= 4 is 5.97 Å². The first-order valence-corrected chi connectivity index (χ1v) is 5.19. The van der Waals surface area contributed by atoms with Gasteiger partial charge in [-0.3, -0.25) is 9.59 Å². The molecule has 1 heterocycles. The second-order valence-electron chi connectivity index (χ2n) is 3.52. The van der Waals surface area contributed by atoms with Gasteiger partial charge >= 0.3 is 5.97 Å². The Bertz CT molecular complexity index is 436. The van der Waals surface area contributed by atoms with Crippen LogP contribution in [0.4, 0.5) is 0 Å². The van der Waals surface area contributed by atoms with E-state index >= 15 is 0 Å². The molecule has 0 amide bonds. The molecule has 0 aliphatic heterocycles. The minimum atomic E-state index is -0.844. The molecule has 0 bridgehead atoms. The Morgan fingerprint density at radius 1 is 1.50 bits per heavy atom. The number of aromatic nitrogens is 1. The smallest absolute Gasteiger partial charge is 0.303 e. The number of hydrogen-bond donors (Lipinski definition) is 2. The van der Waals surface area contributed by atoms with Gasteiger partial charge in [-0.25, -0.2) is 0 Å². The third-order valence-corrected chi connectivity index (χ3v) is 2.38. The highest BCUT2D eigenvalue weighted by Gasteiger charge is 2.08. The predicted molar refractivity (Wildman–Crippen MR) is 58.6 cm³/mol. The number of aryl methyl sites for hydroxylation is 1. The number of carboxylic acids is 1. The summed E-state index contributed by atoms with van der Waals surface area (Å²) in [6.45, 7) is 2.32. The van der Waals surface area contributed by atoms with E-state index in [0.29, 0.717) is 25.1 Å². The van der Waals surface area contributed by atoms with E-state index in [9.17, 15) is 14.7 Å². The van der Waals surface area contributed by atoms with E-state index in [-0.39, 0.29) is 12.2 Å². The van der Waals surface area contributed by atoms with Crippen molar-refractivity contribution in [2.45, 2.75) is 32.7 Å². The van der Waals surface area contributed by atoms with Gasteiger partial charge in [0.25, 0.3) is 0 Å². The van der Waals surface area contributed by atoms with Crippen LogP contribution in [0.5, 0.6) is 5.75 Å². The SMILES string of the molecule is CCc1c(O)c(=O)ccn1CCCC(=O)O. The molecule has 0 aliphatic rings. The van der Waals surface area contributed by atoms with Crippen LogP contribution in [0.1, 0.15) is 25.5 Å². The molecule has 0 aliphatic carbocycles. The van der Waals surface area contributed by atoms with Crippen molar-refractivity contribution in [2.24, 2.45) is 0 Å². The van der Waals surface area contributed by atoms with Crippen LogP contribution < -0.4 is 5.43 Å². The summed E-state index contributed by atoms with van der Waals surface area (Å²) in [6, 6.07) is 1.29. The molecule has 0 spiro atoms. The molecular weight excluding hydrogens is 210 g/mol. The van der Waals surface area contributed by atoms with Gasteiger partial charge < -0.3 is 14.8 Å². The largest absolute Gasteiger partial charge is 0.503 e. The summed E-state index contributed by atoms with van der Waals surface area (Å²) in [5.74, 6) is -1.08. The Balaban J connectivity index is 2.84. The van der Waals surface area contributed by atoms with Crippen molar-refractivity contribution in [3.63, 3.8) is 0 Å². The van der Waals surface area contributed by atoms with Gasteiger partial charge in [0.2, 0.25) is 5.43 Å². The van der Waals surface area contributed by atoms with E-state index in [1.165, 1.54) is 6.07 Å². The maximum atomic E-state index is 11.2. The average molecular weight is 225 g/mol. The Morgan fingerprint density at radius 3 is 2.75 bits per heavy atom. The predicted octanol–water partition coefficient (Wildman–Crippen LogP) is 0.981. The first-order chi connectivity index (χ1) is 7.56. The lowest BCUT2D eigenvalue weighted by Crippen LogP contribution is -2.13. The fourth-order valence-corrected chi connectivity index (χ4v) is 1.59. The molecule has 0 saturated heterocycles. The summed E-state index contributed by atoms with van der Waals surface area (Å²) in [5, 5.41) is 18.0. The lowest BCUT2D eigenvalue weighted by molar-refractivity contribution is -0.137. The normalized spacial score (nSPS) is 10.3. The fraction of sp³-hybridized carbons (Fsp3) is 0.455. The number of hydrogen-bond acceptors (Lipinski definition) is 3. The van der Waals surface area contributed by atoms with E-state index in [0.717, 1.165) is 0 Å². The van der Waals surface area contributed by atoms with E-state index < -0.39 is 11.4 Å². The van der Waals surface area contributed by atoms with Gasteiger partial charge in [-0.05, 0) is 12.8 Å². The number of carboxylic acid groups (broad SMARTS) is 1. The highest BCUT2D eigenvalue weighted by atomic mass is 16.4. The van der Waals surface area contributed by atoms with Gasteiger partial charge in [0.05, 0.1) is 5.69 Å². The lowest BCUT2D eigenvalue weighted by atomic mass is 10.2. The second kappa shape index (κ2) is 5.34. The molecule has 0 radical (unpaired) electrons. The molecule has 1 rings (SSSR count). The molecule has 0 atom stereocenters. The molecular formula is C11H15NO4. The molecule has 1 aromatic rings. The molecule has 2 N–H and O–H groups in total. The monoisotopic (exact) mass is 225 g/mol. The number of rotatable bonds is 5. The molecule has 0 saturated carbocycles. The first kappa shape index (κ1) is 12.3. The van der Waals surface area contributed by atoms with Gasteiger partial charge in [0, 0.05) is 25.2 Å². The molecule has 5 heteroatoms. The minimum absolute atomic E-state index is 0.0794. The number of aliphatic carboxylic acids is 1. The third-order valence-electron chi connectivity index (χ3n) is 2.38. The van der Waals surface area contributed by atoms with Crippen molar-refractivity contribution < 1.29 is 15.0 Å². The molecule has 0 fully saturated rings. The van der Waals surface area contributed by atoms with Gasteiger partial charge in [-0.15, -0.1) is 0 Å². The van der Waals surface area contributed by atoms with Crippen LogP contribution >= 0.6 is 0 Å². The summed E-state index contributed by atoms with van der Waals surface area (Å²) in [6.07, 6.45) is 2.68. The van der Waals surface area contributed by atoms with Gasteiger partial charge in [0.1, 0.15) is 0 Å². The quantitative estimate of drug-likeness (QED) is 0.782. The maximum absolute atomic E-state index is 11.2. The van der Waals surface area contributed by atoms with Crippen LogP contribution in [0.15, 0.2) is 17.1 Å². The second-order valence-corrected chi connectivity index (χ2v) is 3.52. The number of pyridine rings is 1. The van der Waals surface area contributed by atoms with Gasteiger partial charge in [-0.1, -0.05) is 6.92 Å². The van der Waals surface area contributed by atoms with Crippen LogP contribution in [0.2, 0.25) is 0 Å². The Hall–Kier alpha value is -1.78. The zero-order valence-electron chi connectivity index (χ0n) is 9.14. The first-order valence-electron chi connectivity index (χ1n) is 5.19. The maximum Gasteiger partial charge on any atom is 0.303 e. The molecule has 0 unspecified atom stereocenters. The fourth-order valence-electron chi connectivity index (χ4n) is 1.59. The Morgan fingerprint density at radius 2 is 2.19 bits per heavy atom. The Labute approximate surface area is 93.0 Å². The number of carbonyl (C=O) groups is 1. The van der Waals surface area contributed by atoms with Crippen molar-refractivity contribution in [3.8, 4) is 5.75 Å². The zero-order valence-corrected chi connectivity index (χ0v) is 9.14. The third kappa shape index (κ3) is 2.85. The standard InChI is InChI=1S/C11H15NO4/c1-2-8-11(16)9(13)5-7-12(8)6-3-4-10(14)15/h5,7,16H,2-4,6H2,1H3,(H,14,15). The number of nitrogens with zero attached hydrogens (tertiary/aromatic N) is 1. The van der Waals surface area contributed by atoms with E-state index in [1.54, 1.807) is 10.8 Å². The highest BCUT2D eigenvalue weighted by Crippen LogP contribution is 2.12. The van der Waals surface area contributed by atoms with Crippen molar-refractivity contribution in [1.29, 1.82) is 0 Å². The summed E-state index contributed by atoms with van der Waals surface area (Å²) in [4.78, 5) is 21.5. The summed E-state index contributed by atoms with van der Waals surface area (Å²) in [7, 11) is 0. The van der Waals surface area contributed by atoms with Gasteiger partial charge in [-0.2, -0.15) is 0 Å². The summed E-state index contributed by atoms with van der Waals surface area (Å²) in [5.41, 5.74) is 0.157. The van der Waals surface area contributed by atoms with Crippen molar-refractivity contribution in [2.75, 3.05) is 0 Å². The molecule has 88 valence electrons. The average Bonchev–Trinajstić information content (AvgIpc) is 2.23.